The maximum absolute atomic E-state index is 12.0. The zero-order valence-corrected chi connectivity index (χ0v) is 18.5. The highest BCUT2D eigenvalue weighted by atomic mass is 16.1. The average molecular weight is 434 g/mol. The molecule has 0 unspecified atom stereocenters. The minimum Gasteiger partial charge on any atom is -0.346 e. The molecule has 5 aromatic rings. The van der Waals surface area contributed by atoms with Crippen molar-refractivity contribution in [1.82, 2.24) is 19.7 Å². The molecule has 3 aromatic heterocycles. The second-order valence-corrected chi connectivity index (χ2v) is 8.09. The lowest BCUT2D eigenvalue weighted by Crippen LogP contribution is -2.07. The molecular formula is C27H23N5O. The molecule has 33 heavy (non-hydrogen) atoms. The number of hydrogen-bond acceptors (Lipinski definition) is 3. The van der Waals surface area contributed by atoms with Gasteiger partial charge in [0.2, 0.25) is 5.91 Å². The molecule has 0 aliphatic carbocycles. The Labute approximate surface area is 191 Å². The van der Waals surface area contributed by atoms with Gasteiger partial charge in [-0.25, -0.2) is 4.98 Å². The van der Waals surface area contributed by atoms with Crippen LogP contribution >= 0.6 is 0 Å². The van der Waals surface area contributed by atoms with Gasteiger partial charge in [-0.1, -0.05) is 36.4 Å². The normalized spacial score (nSPS) is 11.0. The van der Waals surface area contributed by atoms with Crippen LogP contribution in [-0.4, -0.2) is 25.7 Å². The molecule has 0 atom stereocenters. The third kappa shape index (κ3) is 4.06. The van der Waals surface area contributed by atoms with Gasteiger partial charge in [0.05, 0.1) is 6.20 Å². The van der Waals surface area contributed by atoms with Crippen molar-refractivity contribution in [3.8, 4) is 33.4 Å². The van der Waals surface area contributed by atoms with Crippen LogP contribution in [-0.2, 0) is 11.8 Å². The Hall–Kier alpha value is -4.45. The number of nitrogens with zero attached hydrogens (tertiary/aromatic N) is 3. The molecule has 0 aliphatic heterocycles. The molecule has 0 spiro atoms. The summed E-state index contributed by atoms with van der Waals surface area (Å²) in [6.07, 6.45) is 8.86. The molecule has 2 aromatic carbocycles. The zero-order valence-electron chi connectivity index (χ0n) is 18.5. The van der Waals surface area contributed by atoms with Crippen molar-refractivity contribution in [2.45, 2.75) is 6.92 Å². The monoisotopic (exact) mass is 433 g/mol. The van der Waals surface area contributed by atoms with E-state index in [9.17, 15) is 4.79 Å². The number of benzene rings is 2. The lowest BCUT2D eigenvalue weighted by molar-refractivity contribution is -0.111. The number of hydrogen-bond donors (Lipinski definition) is 2. The minimum absolute atomic E-state index is 0.259. The molecule has 0 saturated carbocycles. The molecule has 0 fully saturated rings. The van der Waals surface area contributed by atoms with Gasteiger partial charge in [-0.3, -0.25) is 9.48 Å². The lowest BCUT2D eigenvalue weighted by atomic mass is 9.98. The van der Waals surface area contributed by atoms with Gasteiger partial charge in [0.15, 0.2) is 0 Å². The van der Waals surface area contributed by atoms with Crippen molar-refractivity contribution < 1.29 is 4.79 Å². The van der Waals surface area contributed by atoms with Gasteiger partial charge in [-0.2, -0.15) is 5.10 Å². The van der Waals surface area contributed by atoms with Gasteiger partial charge < -0.3 is 10.3 Å². The second kappa shape index (κ2) is 8.24. The van der Waals surface area contributed by atoms with Crippen molar-refractivity contribution in [3.63, 3.8) is 0 Å². The Morgan fingerprint density at radius 2 is 1.85 bits per heavy atom. The number of fused-ring (bicyclic) bond motifs is 1. The molecule has 0 radical (unpaired) electrons. The van der Waals surface area contributed by atoms with E-state index in [0.29, 0.717) is 5.69 Å². The summed E-state index contributed by atoms with van der Waals surface area (Å²) < 4.78 is 1.76. The lowest BCUT2D eigenvalue weighted by Gasteiger charge is -2.10. The van der Waals surface area contributed by atoms with E-state index in [4.69, 9.17) is 0 Å². The molecule has 5 rings (SSSR count). The number of carbonyl (C=O) groups excluding carboxylic acids is 1. The van der Waals surface area contributed by atoms with Crippen LogP contribution in [0.3, 0.4) is 0 Å². The Morgan fingerprint density at radius 3 is 2.58 bits per heavy atom. The van der Waals surface area contributed by atoms with Gasteiger partial charge in [-0.05, 0) is 54.0 Å². The Bertz CT molecular complexity index is 1510. The highest BCUT2D eigenvalue weighted by molar-refractivity contribution is 6.00. The molecule has 2 N–H and O–H groups in total. The Balaban J connectivity index is 1.65. The topological polar surface area (TPSA) is 75.6 Å². The molecule has 0 bridgehead atoms. The molecule has 0 aliphatic rings. The summed E-state index contributed by atoms with van der Waals surface area (Å²) in [5.74, 6) is -0.259. The van der Waals surface area contributed by atoms with Crippen LogP contribution in [0.25, 0.3) is 44.4 Å². The number of anilines is 1. The van der Waals surface area contributed by atoms with Crippen molar-refractivity contribution in [2.24, 2.45) is 7.05 Å². The Kier molecular flexibility index (Phi) is 5.11. The summed E-state index contributed by atoms with van der Waals surface area (Å²) in [4.78, 5) is 19.9. The van der Waals surface area contributed by atoms with Crippen LogP contribution in [0.1, 0.15) is 5.56 Å². The van der Waals surface area contributed by atoms with Gasteiger partial charge in [-0.15, -0.1) is 0 Å². The second-order valence-electron chi connectivity index (χ2n) is 8.09. The number of aromatic amines is 1. The number of aromatic nitrogens is 4. The standard InChI is InChI=1S/C27H23N5O/c1-4-26(33)31-23-10-19(9-20(11-23)22-14-30-32(3)16-22)21-12-24-25(15-29-27(24)28-13-21)18-7-5-6-17(2)8-18/h4-16H,1H2,2-3H3,(H,28,29)(H,31,33). The fourth-order valence-corrected chi connectivity index (χ4v) is 4.01. The smallest absolute Gasteiger partial charge is 0.247 e. The van der Waals surface area contributed by atoms with Crippen LogP contribution in [0.15, 0.2) is 86.0 Å². The third-order valence-electron chi connectivity index (χ3n) is 5.62. The van der Waals surface area contributed by atoms with E-state index >= 15 is 0 Å². The van der Waals surface area contributed by atoms with Crippen LogP contribution < -0.4 is 5.32 Å². The zero-order chi connectivity index (χ0) is 22.9. The van der Waals surface area contributed by atoms with Crippen LogP contribution in [0.4, 0.5) is 5.69 Å². The maximum atomic E-state index is 12.0. The SMILES string of the molecule is C=CC(=O)Nc1cc(-c2cnc3[nH]cc(-c4cccc(C)c4)c3c2)cc(-c2cnn(C)c2)c1. The van der Waals surface area contributed by atoms with Crippen molar-refractivity contribution in [2.75, 3.05) is 5.32 Å². The maximum Gasteiger partial charge on any atom is 0.247 e. The molecule has 3 heterocycles. The number of rotatable bonds is 5. The van der Waals surface area contributed by atoms with Crippen molar-refractivity contribution >= 4 is 22.6 Å². The first-order valence-corrected chi connectivity index (χ1v) is 10.6. The van der Waals surface area contributed by atoms with Gasteiger partial charge in [0.25, 0.3) is 0 Å². The first kappa shape index (κ1) is 20.5. The van der Waals surface area contributed by atoms with E-state index in [1.165, 1.54) is 11.6 Å². The van der Waals surface area contributed by atoms with Crippen LogP contribution in [0.2, 0.25) is 0 Å². The van der Waals surface area contributed by atoms with Crippen LogP contribution in [0.5, 0.6) is 0 Å². The largest absolute Gasteiger partial charge is 0.346 e. The highest BCUT2D eigenvalue weighted by Gasteiger charge is 2.12. The molecule has 6 heteroatoms. The summed E-state index contributed by atoms with van der Waals surface area (Å²) in [5.41, 5.74) is 8.78. The fourth-order valence-electron chi connectivity index (χ4n) is 4.01. The summed E-state index contributed by atoms with van der Waals surface area (Å²) in [6, 6.07) is 16.5. The molecule has 0 saturated heterocycles. The first-order valence-electron chi connectivity index (χ1n) is 10.6. The van der Waals surface area contributed by atoms with Crippen molar-refractivity contribution in [3.05, 3.63) is 91.5 Å². The number of amides is 1. The molecular weight excluding hydrogens is 410 g/mol. The predicted molar refractivity (Wildman–Crippen MR) is 133 cm³/mol. The predicted octanol–water partition coefficient (Wildman–Crippen LogP) is 5.73. The van der Waals surface area contributed by atoms with E-state index < -0.39 is 0 Å². The average Bonchev–Trinajstić information content (AvgIpc) is 3.44. The summed E-state index contributed by atoms with van der Waals surface area (Å²) in [5, 5.41) is 8.21. The van der Waals surface area contributed by atoms with Gasteiger partial charge in [0.1, 0.15) is 5.65 Å². The summed E-state index contributed by atoms with van der Waals surface area (Å²) in [6.45, 7) is 5.64. The number of carbonyl (C=O) groups is 1. The first-order chi connectivity index (χ1) is 16.0. The van der Waals surface area contributed by atoms with Crippen LogP contribution in [0, 0.1) is 6.92 Å². The summed E-state index contributed by atoms with van der Waals surface area (Å²) >= 11 is 0. The van der Waals surface area contributed by atoms with Crippen molar-refractivity contribution in [1.29, 1.82) is 0 Å². The highest BCUT2D eigenvalue weighted by Crippen LogP contribution is 2.34. The number of H-pyrrole nitrogens is 1. The van der Waals surface area contributed by atoms with Gasteiger partial charge >= 0.3 is 0 Å². The molecule has 6 nitrogen and oxygen atoms in total. The number of aryl methyl sites for hydroxylation is 2. The van der Waals surface area contributed by atoms with Gasteiger partial charge in [0, 0.05) is 53.4 Å². The van der Waals surface area contributed by atoms with E-state index in [0.717, 1.165) is 44.4 Å². The quantitative estimate of drug-likeness (QED) is 0.348. The minimum atomic E-state index is -0.259. The fraction of sp³-hybridized carbons (Fsp3) is 0.0741. The Morgan fingerprint density at radius 1 is 1.03 bits per heavy atom. The van der Waals surface area contributed by atoms with E-state index in [1.54, 1.807) is 4.68 Å². The third-order valence-corrected chi connectivity index (χ3v) is 5.62. The summed E-state index contributed by atoms with van der Waals surface area (Å²) in [7, 11) is 1.88. The van der Waals surface area contributed by atoms with E-state index in [2.05, 4.69) is 70.3 Å². The number of nitrogens with one attached hydrogen (secondary N) is 2. The molecule has 162 valence electrons. The number of pyridine rings is 1. The van der Waals surface area contributed by atoms with E-state index in [-0.39, 0.29) is 5.91 Å². The molecule has 1 amide bonds. The van der Waals surface area contributed by atoms with E-state index in [1.807, 2.05) is 44.0 Å².